The summed E-state index contributed by atoms with van der Waals surface area (Å²) in [5.41, 5.74) is 1.58. The second-order valence-electron chi connectivity index (χ2n) is 7.44. The summed E-state index contributed by atoms with van der Waals surface area (Å²) in [5, 5.41) is 18.7. The fourth-order valence-corrected chi connectivity index (χ4v) is 4.35. The molecular weight excluding hydrogens is 462 g/mol. The molecule has 0 radical (unpaired) electrons. The molecule has 0 spiro atoms. The molecule has 0 N–H and O–H groups in total. The summed E-state index contributed by atoms with van der Waals surface area (Å²) in [4.78, 5) is 14.6. The standard InChI is InChI=1S/C23H22ClN5O3S/c1-15-12-16(8-9-17(15)24)29(11-5-10-25)21(30)14-33-23-27-26-22(28(23)2)20-13-31-18-6-3-4-7-19(18)32-20/h3-4,6-9,12,20H,5,11,13-14H2,1-2H3. The average Bonchev–Trinajstić information content (AvgIpc) is 3.20. The summed E-state index contributed by atoms with van der Waals surface area (Å²) in [5.74, 6) is 1.99. The Kier molecular flexibility index (Phi) is 7.06. The van der Waals surface area contributed by atoms with Gasteiger partial charge < -0.3 is 18.9 Å². The van der Waals surface area contributed by atoms with Crippen LogP contribution in [0.3, 0.4) is 0 Å². The van der Waals surface area contributed by atoms with Crippen molar-refractivity contribution in [3.8, 4) is 17.6 Å². The lowest BCUT2D eigenvalue weighted by Gasteiger charge is -2.25. The topological polar surface area (TPSA) is 93.3 Å². The number of amides is 1. The molecule has 1 aliphatic heterocycles. The van der Waals surface area contributed by atoms with Crippen LogP contribution in [0.2, 0.25) is 5.02 Å². The molecule has 2 aromatic carbocycles. The number of nitrogens with zero attached hydrogens (tertiary/aromatic N) is 5. The van der Waals surface area contributed by atoms with Gasteiger partial charge in [0.15, 0.2) is 28.6 Å². The number of carbonyl (C=O) groups excluding carboxylic acids is 1. The zero-order valence-electron chi connectivity index (χ0n) is 18.2. The average molecular weight is 484 g/mol. The van der Waals surface area contributed by atoms with Crippen LogP contribution >= 0.6 is 23.4 Å². The molecule has 0 saturated heterocycles. The van der Waals surface area contributed by atoms with Gasteiger partial charge in [0.25, 0.3) is 0 Å². The maximum Gasteiger partial charge on any atom is 0.237 e. The number of fused-ring (bicyclic) bond motifs is 1. The van der Waals surface area contributed by atoms with Crippen LogP contribution in [0.1, 0.15) is 23.9 Å². The normalized spacial score (nSPS) is 14.5. The Morgan fingerprint density at radius 1 is 1.30 bits per heavy atom. The van der Waals surface area contributed by atoms with Crippen molar-refractivity contribution in [2.75, 3.05) is 23.8 Å². The van der Waals surface area contributed by atoms with Crippen molar-refractivity contribution in [2.45, 2.75) is 24.6 Å². The van der Waals surface area contributed by atoms with Gasteiger partial charge >= 0.3 is 0 Å². The fraction of sp³-hybridized carbons (Fsp3) is 0.304. The highest BCUT2D eigenvalue weighted by Gasteiger charge is 2.28. The number of nitriles is 1. The van der Waals surface area contributed by atoms with Crippen LogP contribution in [0.25, 0.3) is 0 Å². The van der Waals surface area contributed by atoms with E-state index in [0.717, 1.165) is 5.56 Å². The third kappa shape index (κ3) is 5.07. The number of hydrogen-bond donors (Lipinski definition) is 0. The molecule has 10 heteroatoms. The van der Waals surface area contributed by atoms with E-state index in [-0.39, 0.29) is 18.1 Å². The largest absolute Gasteiger partial charge is 0.485 e. The number of thioether (sulfide) groups is 1. The van der Waals surface area contributed by atoms with E-state index in [4.69, 9.17) is 26.3 Å². The molecule has 3 aromatic rings. The van der Waals surface area contributed by atoms with Crippen LogP contribution < -0.4 is 14.4 Å². The predicted octanol–water partition coefficient (Wildman–Crippen LogP) is 4.33. The monoisotopic (exact) mass is 483 g/mol. The van der Waals surface area contributed by atoms with Crippen LogP contribution in [0.5, 0.6) is 11.5 Å². The van der Waals surface area contributed by atoms with E-state index in [1.807, 2.05) is 48.9 Å². The fourth-order valence-electron chi connectivity index (χ4n) is 3.44. The van der Waals surface area contributed by atoms with Crippen molar-refractivity contribution in [2.24, 2.45) is 7.05 Å². The minimum absolute atomic E-state index is 0.132. The van der Waals surface area contributed by atoms with E-state index in [2.05, 4.69) is 16.3 Å². The van der Waals surface area contributed by atoms with Crippen molar-refractivity contribution >= 4 is 35.0 Å². The van der Waals surface area contributed by atoms with E-state index in [1.165, 1.54) is 11.8 Å². The predicted molar refractivity (Wildman–Crippen MR) is 126 cm³/mol. The quantitative estimate of drug-likeness (QED) is 0.462. The van der Waals surface area contributed by atoms with Gasteiger partial charge in [0.1, 0.15) is 6.61 Å². The molecule has 1 unspecified atom stereocenters. The van der Waals surface area contributed by atoms with Crippen LogP contribution in [0.15, 0.2) is 47.6 Å². The van der Waals surface area contributed by atoms with Crippen molar-refractivity contribution in [3.63, 3.8) is 0 Å². The first-order valence-electron chi connectivity index (χ1n) is 10.3. The molecule has 1 atom stereocenters. The molecule has 0 saturated carbocycles. The summed E-state index contributed by atoms with van der Waals surface area (Å²) in [6.07, 6.45) is -0.168. The highest BCUT2D eigenvalue weighted by Crippen LogP contribution is 2.36. The van der Waals surface area contributed by atoms with Gasteiger partial charge in [0.05, 0.1) is 18.2 Å². The second-order valence-corrected chi connectivity index (χ2v) is 8.79. The maximum absolute atomic E-state index is 13.0. The van der Waals surface area contributed by atoms with Crippen LogP contribution in [-0.2, 0) is 11.8 Å². The van der Waals surface area contributed by atoms with E-state index in [1.54, 1.807) is 17.0 Å². The molecule has 33 heavy (non-hydrogen) atoms. The smallest absolute Gasteiger partial charge is 0.237 e. The van der Waals surface area contributed by atoms with E-state index in [9.17, 15) is 4.79 Å². The van der Waals surface area contributed by atoms with Gasteiger partial charge in [-0.05, 0) is 42.8 Å². The molecule has 1 amide bonds. The van der Waals surface area contributed by atoms with Gasteiger partial charge in [-0.2, -0.15) is 5.26 Å². The minimum atomic E-state index is -0.397. The van der Waals surface area contributed by atoms with Gasteiger partial charge in [-0.15, -0.1) is 10.2 Å². The number of rotatable bonds is 7. The number of anilines is 1. The molecule has 0 aliphatic carbocycles. The first kappa shape index (κ1) is 23.0. The summed E-state index contributed by atoms with van der Waals surface area (Å²) >= 11 is 7.41. The Morgan fingerprint density at radius 2 is 2.09 bits per heavy atom. The van der Waals surface area contributed by atoms with Gasteiger partial charge in [0.2, 0.25) is 5.91 Å². The van der Waals surface area contributed by atoms with Crippen molar-refractivity contribution in [3.05, 3.63) is 58.9 Å². The number of para-hydroxylation sites is 2. The van der Waals surface area contributed by atoms with Gasteiger partial charge in [-0.1, -0.05) is 35.5 Å². The summed E-state index contributed by atoms with van der Waals surface area (Å²) in [7, 11) is 1.84. The second kappa shape index (κ2) is 10.1. The summed E-state index contributed by atoms with van der Waals surface area (Å²) in [6.45, 7) is 2.50. The third-order valence-electron chi connectivity index (χ3n) is 5.19. The zero-order valence-corrected chi connectivity index (χ0v) is 19.8. The Hall–Kier alpha value is -3.22. The Bertz CT molecular complexity index is 1210. The molecule has 1 aliphatic rings. The number of ether oxygens (including phenoxy) is 2. The third-order valence-corrected chi connectivity index (χ3v) is 6.62. The summed E-state index contributed by atoms with van der Waals surface area (Å²) < 4.78 is 13.6. The van der Waals surface area contributed by atoms with Crippen LogP contribution in [0, 0.1) is 18.3 Å². The number of carbonyl (C=O) groups is 1. The SMILES string of the molecule is Cc1cc(N(CCC#N)C(=O)CSc2nnc(C3COc4ccccc4O3)n2C)ccc1Cl. The first-order chi connectivity index (χ1) is 16.0. The molecule has 8 nitrogen and oxygen atoms in total. The summed E-state index contributed by atoms with van der Waals surface area (Å²) in [6, 6.07) is 15.0. The molecule has 4 rings (SSSR count). The zero-order chi connectivity index (χ0) is 23.4. The van der Waals surface area contributed by atoms with Crippen molar-refractivity contribution in [1.82, 2.24) is 14.8 Å². The lowest BCUT2D eigenvalue weighted by molar-refractivity contribution is -0.116. The Balaban J connectivity index is 1.45. The Labute approximate surface area is 201 Å². The van der Waals surface area contributed by atoms with Gasteiger partial charge in [-0.3, -0.25) is 4.79 Å². The number of benzene rings is 2. The van der Waals surface area contributed by atoms with Gasteiger partial charge in [-0.25, -0.2) is 0 Å². The lowest BCUT2D eigenvalue weighted by Crippen LogP contribution is -2.33. The van der Waals surface area contributed by atoms with E-state index >= 15 is 0 Å². The maximum atomic E-state index is 13.0. The molecule has 2 heterocycles. The molecule has 1 aromatic heterocycles. The number of aryl methyl sites for hydroxylation is 1. The minimum Gasteiger partial charge on any atom is -0.485 e. The van der Waals surface area contributed by atoms with Crippen LogP contribution in [0.4, 0.5) is 5.69 Å². The van der Waals surface area contributed by atoms with Gasteiger partial charge in [0, 0.05) is 24.3 Å². The molecule has 0 fully saturated rings. The van der Waals surface area contributed by atoms with Crippen LogP contribution in [-0.4, -0.2) is 39.6 Å². The van der Waals surface area contributed by atoms with Crippen molar-refractivity contribution in [1.29, 1.82) is 5.26 Å². The van der Waals surface area contributed by atoms with E-state index < -0.39 is 6.10 Å². The molecular formula is C23H22ClN5O3S. The number of aromatic nitrogens is 3. The Morgan fingerprint density at radius 3 is 2.85 bits per heavy atom. The number of halogens is 1. The number of hydrogen-bond acceptors (Lipinski definition) is 7. The highest BCUT2D eigenvalue weighted by molar-refractivity contribution is 7.99. The van der Waals surface area contributed by atoms with Crippen molar-refractivity contribution < 1.29 is 14.3 Å². The first-order valence-corrected chi connectivity index (χ1v) is 11.7. The molecule has 170 valence electrons. The van der Waals surface area contributed by atoms with E-state index in [0.29, 0.717) is 46.3 Å². The lowest BCUT2D eigenvalue weighted by atomic mass is 10.2. The highest BCUT2D eigenvalue weighted by atomic mass is 35.5. The molecule has 0 bridgehead atoms.